The number of rotatable bonds is 5. The van der Waals surface area contributed by atoms with E-state index < -0.39 is 0 Å². The van der Waals surface area contributed by atoms with E-state index in [2.05, 4.69) is 15.5 Å². The molecule has 4 aromatic heterocycles. The van der Waals surface area contributed by atoms with Gasteiger partial charge in [0, 0.05) is 5.56 Å². The highest BCUT2D eigenvalue weighted by Gasteiger charge is 2.22. The summed E-state index contributed by atoms with van der Waals surface area (Å²) in [5, 5.41) is 9.67. The average molecular weight is 401 g/mol. The highest BCUT2D eigenvalue weighted by atomic mass is 32.1. The molecule has 29 heavy (non-hydrogen) atoms. The highest BCUT2D eigenvalue weighted by molar-refractivity contribution is 7.13. The van der Waals surface area contributed by atoms with Gasteiger partial charge in [0.2, 0.25) is 0 Å². The molecule has 1 N–H and O–H groups in total. The van der Waals surface area contributed by atoms with E-state index in [1.54, 1.807) is 29.7 Å². The van der Waals surface area contributed by atoms with Crippen LogP contribution in [0.5, 0.6) is 0 Å². The highest BCUT2D eigenvalue weighted by Crippen LogP contribution is 2.33. The van der Waals surface area contributed by atoms with Gasteiger partial charge in [0.15, 0.2) is 0 Å². The van der Waals surface area contributed by atoms with Crippen LogP contribution < -0.4 is 5.32 Å². The predicted octanol–water partition coefficient (Wildman–Crippen LogP) is 5.14. The zero-order valence-corrected chi connectivity index (χ0v) is 16.0. The Morgan fingerprint density at radius 3 is 2.72 bits per heavy atom. The van der Waals surface area contributed by atoms with Crippen molar-refractivity contribution >= 4 is 28.3 Å². The van der Waals surface area contributed by atoms with Crippen molar-refractivity contribution in [2.45, 2.75) is 6.54 Å². The fourth-order valence-corrected chi connectivity index (χ4v) is 3.84. The van der Waals surface area contributed by atoms with Crippen LogP contribution >= 0.6 is 11.3 Å². The minimum Gasteiger partial charge on any atom is -0.467 e. The van der Waals surface area contributed by atoms with Crippen LogP contribution in [-0.2, 0) is 6.54 Å². The van der Waals surface area contributed by atoms with Gasteiger partial charge < -0.3 is 14.3 Å². The number of hydrogen-bond donors (Lipinski definition) is 1. The van der Waals surface area contributed by atoms with Crippen LogP contribution in [-0.4, -0.2) is 16.0 Å². The molecule has 0 spiro atoms. The summed E-state index contributed by atoms with van der Waals surface area (Å²) < 4.78 is 10.8. The fraction of sp³-hybridized carbons (Fsp3) is 0.0455. The summed E-state index contributed by atoms with van der Waals surface area (Å²) in [5.74, 6) is 0.433. The molecule has 7 heteroatoms. The molecule has 0 fully saturated rings. The van der Waals surface area contributed by atoms with Crippen LogP contribution in [0.4, 0.5) is 0 Å². The number of hydrogen-bond acceptors (Lipinski definition) is 6. The van der Waals surface area contributed by atoms with Crippen LogP contribution in [0.2, 0.25) is 0 Å². The van der Waals surface area contributed by atoms with Crippen LogP contribution in [0, 0.1) is 0 Å². The minimum atomic E-state index is -0.244. The fourth-order valence-electron chi connectivity index (χ4n) is 3.15. The lowest BCUT2D eigenvalue weighted by atomic mass is 10.0. The van der Waals surface area contributed by atoms with Crippen LogP contribution in [0.3, 0.4) is 0 Å². The SMILES string of the molecule is O=C(NCc1ccco1)c1cc(-c2cccs2)nc2onc(-c3ccccc3)c12. The first kappa shape index (κ1) is 17.4. The van der Waals surface area contributed by atoms with Gasteiger partial charge in [0.1, 0.15) is 11.5 Å². The van der Waals surface area contributed by atoms with E-state index in [-0.39, 0.29) is 12.5 Å². The standard InChI is InChI=1S/C22H15N3O3S/c26-21(23-13-15-8-4-10-27-15)16-12-17(18-9-5-11-29-18)24-22-19(16)20(25-28-22)14-6-2-1-3-7-14/h1-12H,13H2,(H,23,26). The molecule has 0 aliphatic carbocycles. The minimum absolute atomic E-state index is 0.244. The van der Waals surface area contributed by atoms with Crippen LogP contribution in [0.1, 0.15) is 16.1 Å². The first-order valence-corrected chi connectivity index (χ1v) is 9.88. The monoisotopic (exact) mass is 401 g/mol. The van der Waals surface area contributed by atoms with Crippen molar-refractivity contribution in [3.05, 3.63) is 83.6 Å². The lowest BCUT2D eigenvalue weighted by Crippen LogP contribution is -2.23. The quantitative estimate of drug-likeness (QED) is 0.441. The van der Waals surface area contributed by atoms with Gasteiger partial charge >= 0.3 is 0 Å². The van der Waals surface area contributed by atoms with E-state index in [1.807, 2.05) is 53.9 Å². The van der Waals surface area contributed by atoms with E-state index in [0.717, 1.165) is 10.4 Å². The molecule has 5 aromatic rings. The van der Waals surface area contributed by atoms with E-state index in [0.29, 0.717) is 33.8 Å². The smallest absolute Gasteiger partial charge is 0.259 e. The number of thiophene rings is 1. The van der Waals surface area contributed by atoms with Gasteiger partial charge in [0.25, 0.3) is 11.6 Å². The molecule has 1 aromatic carbocycles. The summed E-state index contributed by atoms with van der Waals surface area (Å²) in [4.78, 5) is 18.7. The Bertz CT molecular complexity index is 1260. The number of carbonyl (C=O) groups excluding carboxylic acids is 1. The molecule has 0 saturated carbocycles. The maximum absolute atomic E-state index is 13.1. The molecule has 0 aliphatic heterocycles. The largest absolute Gasteiger partial charge is 0.467 e. The lowest BCUT2D eigenvalue weighted by molar-refractivity contribution is 0.0949. The Morgan fingerprint density at radius 1 is 1.07 bits per heavy atom. The third kappa shape index (κ3) is 3.32. The van der Waals surface area contributed by atoms with E-state index in [4.69, 9.17) is 8.94 Å². The normalized spacial score (nSPS) is 11.0. The van der Waals surface area contributed by atoms with Crippen molar-refractivity contribution < 1.29 is 13.7 Å². The van der Waals surface area contributed by atoms with E-state index in [1.165, 1.54) is 0 Å². The number of pyridine rings is 1. The molecule has 142 valence electrons. The average Bonchev–Trinajstić information content (AvgIpc) is 3.53. The summed E-state index contributed by atoms with van der Waals surface area (Å²) in [6.07, 6.45) is 1.58. The summed E-state index contributed by atoms with van der Waals surface area (Å²) in [7, 11) is 0. The number of aromatic nitrogens is 2. The zero-order valence-electron chi connectivity index (χ0n) is 15.2. The molecule has 0 atom stereocenters. The summed E-state index contributed by atoms with van der Waals surface area (Å²) in [6, 6.07) is 18.9. The van der Waals surface area contributed by atoms with Crippen molar-refractivity contribution in [3.8, 4) is 21.8 Å². The third-order valence-corrected chi connectivity index (χ3v) is 5.41. The molecule has 0 radical (unpaired) electrons. The van der Waals surface area contributed by atoms with Gasteiger partial charge in [-0.1, -0.05) is 41.6 Å². The molecule has 4 heterocycles. The Balaban J connectivity index is 1.63. The Hall–Kier alpha value is -3.71. The first-order chi connectivity index (χ1) is 14.3. The molecule has 5 rings (SSSR count). The molecule has 0 unspecified atom stereocenters. The van der Waals surface area contributed by atoms with Gasteiger partial charge in [-0.3, -0.25) is 4.79 Å². The van der Waals surface area contributed by atoms with Crippen LogP contribution in [0.15, 0.2) is 81.2 Å². The summed E-state index contributed by atoms with van der Waals surface area (Å²) >= 11 is 1.55. The second kappa shape index (κ2) is 7.37. The third-order valence-electron chi connectivity index (χ3n) is 4.52. The molecule has 0 aliphatic rings. The molecule has 0 saturated heterocycles. The second-order valence-corrected chi connectivity index (χ2v) is 7.32. The maximum atomic E-state index is 13.1. The molecular weight excluding hydrogens is 386 g/mol. The zero-order chi connectivity index (χ0) is 19.6. The first-order valence-electron chi connectivity index (χ1n) is 9.00. The Labute approximate surface area is 169 Å². The van der Waals surface area contributed by atoms with Crippen molar-refractivity contribution in [1.82, 2.24) is 15.5 Å². The van der Waals surface area contributed by atoms with Crippen molar-refractivity contribution in [2.24, 2.45) is 0 Å². The molecule has 6 nitrogen and oxygen atoms in total. The number of furan rings is 1. The van der Waals surface area contributed by atoms with Crippen molar-refractivity contribution in [1.29, 1.82) is 0 Å². The number of nitrogens with one attached hydrogen (secondary N) is 1. The van der Waals surface area contributed by atoms with Gasteiger partial charge in [-0.05, 0) is 29.6 Å². The van der Waals surface area contributed by atoms with Gasteiger partial charge in [-0.25, -0.2) is 4.98 Å². The van der Waals surface area contributed by atoms with E-state index >= 15 is 0 Å². The van der Waals surface area contributed by atoms with Crippen molar-refractivity contribution in [2.75, 3.05) is 0 Å². The maximum Gasteiger partial charge on any atom is 0.259 e. The number of amides is 1. The topological polar surface area (TPSA) is 81.2 Å². The van der Waals surface area contributed by atoms with E-state index in [9.17, 15) is 4.79 Å². The second-order valence-electron chi connectivity index (χ2n) is 6.37. The molecule has 1 amide bonds. The van der Waals surface area contributed by atoms with Crippen LogP contribution in [0.25, 0.3) is 32.9 Å². The number of benzene rings is 1. The molecular formula is C22H15N3O3S. The lowest BCUT2D eigenvalue weighted by Gasteiger charge is -2.07. The summed E-state index contributed by atoms with van der Waals surface area (Å²) in [6.45, 7) is 0.288. The van der Waals surface area contributed by atoms with Crippen molar-refractivity contribution in [3.63, 3.8) is 0 Å². The number of carbonyl (C=O) groups is 1. The predicted molar refractivity (Wildman–Crippen MR) is 110 cm³/mol. The van der Waals surface area contributed by atoms with Gasteiger partial charge in [0.05, 0.1) is 34.3 Å². The van der Waals surface area contributed by atoms with Gasteiger partial charge in [-0.2, -0.15) is 0 Å². The Kier molecular flexibility index (Phi) is 4.42. The molecule has 0 bridgehead atoms. The Morgan fingerprint density at radius 2 is 1.97 bits per heavy atom. The summed E-state index contributed by atoms with van der Waals surface area (Å²) in [5.41, 5.74) is 2.92. The van der Waals surface area contributed by atoms with Gasteiger partial charge in [-0.15, -0.1) is 11.3 Å². The number of fused-ring (bicyclic) bond motifs is 1. The number of nitrogens with zero attached hydrogens (tertiary/aromatic N) is 2.